The van der Waals surface area contributed by atoms with E-state index in [2.05, 4.69) is 15.0 Å². The van der Waals surface area contributed by atoms with Crippen LogP contribution in [0.2, 0.25) is 0 Å². The molecule has 0 bridgehead atoms. The van der Waals surface area contributed by atoms with Gasteiger partial charge >= 0.3 is 5.97 Å². The van der Waals surface area contributed by atoms with Gasteiger partial charge in [0.15, 0.2) is 5.16 Å². The Labute approximate surface area is 199 Å². The number of carbonyl (C=O) groups is 1. The lowest BCUT2D eigenvalue weighted by Crippen LogP contribution is -2.19. The van der Waals surface area contributed by atoms with Crippen LogP contribution in [0.1, 0.15) is 34.0 Å². The summed E-state index contributed by atoms with van der Waals surface area (Å²) in [4.78, 5) is 37.4. The molecule has 2 aromatic carbocycles. The summed E-state index contributed by atoms with van der Waals surface area (Å²) >= 11 is 1.34. The van der Waals surface area contributed by atoms with Crippen LogP contribution in [0.4, 0.5) is 4.39 Å². The molecule has 0 N–H and O–H groups in total. The molecule has 7 nitrogen and oxygen atoms in total. The number of ether oxygens (including phenoxy) is 1. The molecular weight excluding hydrogens is 455 g/mol. The first kappa shape index (κ1) is 23.3. The van der Waals surface area contributed by atoms with E-state index < -0.39 is 5.97 Å². The van der Waals surface area contributed by atoms with Gasteiger partial charge in [-0.2, -0.15) is 4.98 Å². The first-order chi connectivity index (χ1) is 16.5. The molecule has 0 aliphatic rings. The number of rotatable bonds is 8. The molecule has 0 spiro atoms. The van der Waals surface area contributed by atoms with Gasteiger partial charge in [0.25, 0.3) is 5.56 Å². The molecule has 0 amide bonds. The Balaban J connectivity index is 1.73. The van der Waals surface area contributed by atoms with E-state index in [9.17, 15) is 14.0 Å². The van der Waals surface area contributed by atoms with E-state index in [1.165, 1.54) is 30.2 Å². The minimum atomic E-state index is -0.430. The average molecular weight is 477 g/mol. The van der Waals surface area contributed by atoms with Crippen molar-refractivity contribution in [1.82, 2.24) is 19.5 Å². The second-order valence-electron chi connectivity index (χ2n) is 7.33. The van der Waals surface area contributed by atoms with E-state index >= 15 is 0 Å². The molecular formula is C25H21FN4O3S. The van der Waals surface area contributed by atoms with E-state index in [1.54, 1.807) is 60.4 Å². The van der Waals surface area contributed by atoms with Crippen molar-refractivity contribution in [2.24, 2.45) is 0 Å². The molecule has 0 saturated carbocycles. The van der Waals surface area contributed by atoms with Crippen LogP contribution >= 0.6 is 11.8 Å². The SMILES string of the molecule is CCOC(=O)c1cccc(-n2cc(Cc3cncnc3)c(=O)nc2SCc2ccc(F)cc2)c1. The summed E-state index contributed by atoms with van der Waals surface area (Å²) in [6.45, 7) is 2.02. The highest BCUT2D eigenvalue weighted by Crippen LogP contribution is 2.24. The predicted octanol–water partition coefficient (Wildman–Crippen LogP) is 4.22. The molecule has 0 aliphatic heterocycles. The largest absolute Gasteiger partial charge is 0.462 e. The fourth-order valence-electron chi connectivity index (χ4n) is 3.25. The Kier molecular flexibility index (Phi) is 7.44. The third kappa shape index (κ3) is 5.74. The van der Waals surface area contributed by atoms with Crippen molar-refractivity contribution in [3.05, 3.63) is 112 Å². The maximum Gasteiger partial charge on any atom is 0.338 e. The highest BCUT2D eigenvalue weighted by molar-refractivity contribution is 7.98. The normalized spacial score (nSPS) is 10.8. The second-order valence-corrected chi connectivity index (χ2v) is 8.28. The monoisotopic (exact) mass is 476 g/mol. The van der Waals surface area contributed by atoms with Crippen LogP contribution in [-0.2, 0) is 16.9 Å². The van der Waals surface area contributed by atoms with Crippen molar-refractivity contribution >= 4 is 17.7 Å². The van der Waals surface area contributed by atoms with Crippen LogP contribution in [0.5, 0.6) is 0 Å². The van der Waals surface area contributed by atoms with Crippen LogP contribution in [0, 0.1) is 5.82 Å². The summed E-state index contributed by atoms with van der Waals surface area (Å²) in [6.07, 6.45) is 6.76. The van der Waals surface area contributed by atoms with Gasteiger partial charge in [-0.15, -0.1) is 0 Å². The number of thioether (sulfide) groups is 1. The summed E-state index contributed by atoms with van der Waals surface area (Å²) in [6, 6.07) is 13.1. The zero-order chi connectivity index (χ0) is 23.9. The van der Waals surface area contributed by atoms with Gasteiger partial charge in [-0.1, -0.05) is 30.0 Å². The smallest absolute Gasteiger partial charge is 0.338 e. The highest BCUT2D eigenvalue weighted by atomic mass is 32.2. The fourth-order valence-corrected chi connectivity index (χ4v) is 4.19. The van der Waals surface area contributed by atoms with Gasteiger partial charge < -0.3 is 4.74 Å². The summed E-state index contributed by atoms with van der Waals surface area (Å²) in [5, 5.41) is 0.448. The van der Waals surface area contributed by atoms with E-state index in [4.69, 9.17) is 4.74 Å². The van der Waals surface area contributed by atoms with Crippen molar-refractivity contribution < 1.29 is 13.9 Å². The van der Waals surface area contributed by atoms with E-state index in [-0.39, 0.29) is 18.0 Å². The number of nitrogens with zero attached hydrogens (tertiary/aromatic N) is 4. The molecule has 2 heterocycles. The van der Waals surface area contributed by atoms with Crippen LogP contribution in [0.25, 0.3) is 5.69 Å². The van der Waals surface area contributed by atoms with Crippen LogP contribution in [-0.4, -0.2) is 32.1 Å². The molecule has 34 heavy (non-hydrogen) atoms. The Morgan fingerprint density at radius 2 is 1.85 bits per heavy atom. The molecule has 0 aliphatic carbocycles. The third-order valence-corrected chi connectivity index (χ3v) is 5.91. The number of aromatic nitrogens is 4. The van der Waals surface area contributed by atoms with Gasteiger partial charge in [-0.3, -0.25) is 9.36 Å². The Morgan fingerprint density at radius 3 is 2.59 bits per heavy atom. The van der Waals surface area contributed by atoms with Gasteiger partial charge in [0.05, 0.1) is 12.2 Å². The maximum atomic E-state index is 13.3. The molecule has 9 heteroatoms. The number of carbonyl (C=O) groups excluding carboxylic acids is 1. The van der Waals surface area contributed by atoms with Crippen molar-refractivity contribution in [2.75, 3.05) is 6.61 Å². The summed E-state index contributed by atoms with van der Waals surface area (Å²) < 4.78 is 20.2. The lowest BCUT2D eigenvalue weighted by atomic mass is 10.1. The fraction of sp³-hybridized carbons (Fsp3) is 0.160. The predicted molar refractivity (Wildman–Crippen MR) is 127 cm³/mol. The maximum absolute atomic E-state index is 13.3. The third-order valence-electron chi connectivity index (χ3n) is 4.89. The molecule has 0 saturated heterocycles. The standard InChI is InChI=1S/C25H21FN4O3S/c1-2-33-24(32)19-4-3-5-22(11-19)30-14-20(10-18-12-27-16-28-13-18)23(31)29-25(30)34-15-17-6-8-21(26)9-7-17/h3-9,11-14,16H,2,10,15H2,1H3. The minimum Gasteiger partial charge on any atom is -0.462 e. The molecule has 0 radical (unpaired) electrons. The number of hydrogen-bond acceptors (Lipinski definition) is 7. The zero-order valence-corrected chi connectivity index (χ0v) is 19.2. The Hall–Kier alpha value is -3.85. The minimum absolute atomic E-state index is 0.269. The van der Waals surface area contributed by atoms with Gasteiger partial charge in [-0.05, 0) is 48.4 Å². The molecule has 0 unspecified atom stereocenters. The van der Waals surface area contributed by atoms with Crippen molar-refractivity contribution in [1.29, 1.82) is 0 Å². The lowest BCUT2D eigenvalue weighted by molar-refractivity contribution is 0.0526. The number of benzene rings is 2. The zero-order valence-electron chi connectivity index (χ0n) is 18.3. The van der Waals surface area contributed by atoms with E-state index in [1.807, 2.05) is 6.07 Å². The molecule has 2 aromatic heterocycles. The van der Waals surface area contributed by atoms with Crippen LogP contribution < -0.4 is 5.56 Å². The number of halogens is 1. The van der Waals surface area contributed by atoms with Crippen molar-refractivity contribution in [2.45, 2.75) is 24.3 Å². The number of esters is 1. The van der Waals surface area contributed by atoms with Crippen molar-refractivity contribution in [3.63, 3.8) is 0 Å². The van der Waals surface area contributed by atoms with Gasteiger partial charge in [0.2, 0.25) is 0 Å². The molecule has 0 fully saturated rings. The molecule has 172 valence electrons. The summed E-state index contributed by atoms with van der Waals surface area (Å²) in [7, 11) is 0. The summed E-state index contributed by atoms with van der Waals surface area (Å²) in [5.41, 5.74) is 2.82. The Morgan fingerprint density at radius 1 is 1.09 bits per heavy atom. The van der Waals surface area contributed by atoms with Gasteiger partial charge in [0.1, 0.15) is 12.1 Å². The second kappa shape index (κ2) is 10.8. The first-order valence-corrected chi connectivity index (χ1v) is 11.5. The number of hydrogen-bond donors (Lipinski definition) is 0. The molecule has 0 atom stereocenters. The highest BCUT2D eigenvalue weighted by Gasteiger charge is 2.14. The van der Waals surface area contributed by atoms with Gasteiger partial charge in [-0.25, -0.2) is 19.2 Å². The quantitative estimate of drug-likeness (QED) is 0.214. The first-order valence-electron chi connectivity index (χ1n) is 10.5. The van der Waals surface area contributed by atoms with Crippen molar-refractivity contribution in [3.8, 4) is 5.69 Å². The van der Waals surface area contributed by atoms with E-state index in [0.717, 1.165) is 11.1 Å². The average Bonchev–Trinajstić information content (AvgIpc) is 2.86. The molecule has 4 rings (SSSR count). The van der Waals surface area contributed by atoms with Gasteiger partial charge in [0, 0.05) is 42.0 Å². The van der Waals surface area contributed by atoms with Crippen LogP contribution in [0.15, 0.2) is 83.4 Å². The van der Waals surface area contributed by atoms with E-state index in [0.29, 0.717) is 34.1 Å². The van der Waals surface area contributed by atoms with Crippen LogP contribution in [0.3, 0.4) is 0 Å². The summed E-state index contributed by atoms with van der Waals surface area (Å²) in [5.74, 6) is -0.259. The lowest BCUT2D eigenvalue weighted by Gasteiger charge is -2.15. The molecule has 4 aromatic rings. The Bertz CT molecular complexity index is 1340. The topological polar surface area (TPSA) is 87.0 Å².